The molecule has 6 nitrogen and oxygen atoms in total. The molecule has 0 bridgehead atoms. The van der Waals surface area contributed by atoms with Gasteiger partial charge in [-0.25, -0.2) is 9.97 Å². The van der Waals surface area contributed by atoms with Gasteiger partial charge in [-0.05, 0) is 0 Å². The summed E-state index contributed by atoms with van der Waals surface area (Å²) < 4.78 is 5.08. The van der Waals surface area contributed by atoms with Gasteiger partial charge in [-0.2, -0.15) is 0 Å². The highest BCUT2D eigenvalue weighted by Crippen LogP contribution is 2.26. The first-order chi connectivity index (χ1) is 7.33. The molecule has 2 N–H and O–H groups in total. The Kier molecular flexibility index (Phi) is 1.81. The van der Waals surface area contributed by atoms with Gasteiger partial charge in [-0.3, -0.25) is 4.79 Å². The van der Waals surface area contributed by atoms with Gasteiger partial charge in [-0.1, -0.05) is 0 Å². The fourth-order valence-electron chi connectivity index (χ4n) is 1.56. The predicted octanol–water partition coefficient (Wildman–Crippen LogP) is -0.0456. The van der Waals surface area contributed by atoms with Gasteiger partial charge in [0.25, 0.3) is 0 Å². The zero-order valence-electron chi connectivity index (χ0n) is 7.99. The summed E-state index contributed by atoms with van der Waals surface area (Å²) in [5.74, 6) is 1.72. The molecular weight excluding hydrogens is 196 g/mol. The summed E-state index contributed by atoms with van der Waals surface area (Å²) >= 11 is 0. The summed E-state index contributed by atoms with van der Waals surface area (Å²) in [7, 11) is 0. The van der Waals surface area contributed by atoms with E-state index in [2.05, 4.69) is 20.6 Å². The van der Waals surface area contributed by atoms with Crippen LogP contribution in [0.25, 0.3) is 0 Å². The van der Waals surface area contributed by atoms with E-state index < -0.39 is 0 Å². The molecule has 2 aliphatic heterocycles. The topological polar surface area (TPSA) is 76.1 Å². The molecule has 3 heterocycles. The molecule has 1 aromatic rings. The van der Waals surface area contributed by atoms with Crippen molar-refractivity contribution in [2.75, 3.05) is 30.4 Å². The molecule has 0 aliphatic carbocycles. The number of carbonyl (C=O) groups excluding carboxylic acids is 1. The number of anilines is 2. The van der Waals surface area contributed by atoms with Crippen LogP contribution in [0, 0.1) is 0 Å². The number of hydrogen-bond acceptors (Lipinski definition) is 5. The van der Waals surface area contributed by atoms with Gasteiger partial charge in [0.2, 0.25) is 5.91 Å². The summed E-state index contributed by atoms with van der Waals surface area (Å²) in [5.41, 5.74) is 0.648. The van der Waals surface area contributed by atoms with Crippen LogP contribution in [0.1, 0.15) is 11.7 Å². The Hall–Kier alpha value is -1.69. The van der Waals surface area contributed by atoms with Crippen LogP contribution in [0.15, 0.2) is 6.20 Å². The van der Waals surface area contributed by atoms with Crippen LogP contribution in [-0.4, -0.2) is 35.6 Å². The summed E-state index contributed by atoms with van der Waals surface area (Å²) in [5, 5.41) is 5.66. The van der Waals surface area contributed by atoms with Crippen molar-refractivity contribution in [1.29, 1.82) is 0 Å². The number of hydrogen-bond donors (Lipinski definition) is 2. The van der Waals surface area contributed by atoms with Gasteiger partial charge in [0.15, 0.2) is 5.82 Å². The molecule has 6 heteroatoms. The summed E-state index contributed by atoms with van der Waals surface area (Å²) in [6.45, 7) is 1.64. The highest BCUT2D eigenvalue weighted by molar-refractivity contribution is 5.99. The number of aromatic nitrogens is 2. The van der Waals surface area contributed by atoms with Crippen LogP contribution in [0.4, 0.5) is 11.5 Å². The number of fused-ring (bicyclic) bond motifs is 1. The van der Waals surface area contributed by atoms with Crippen LogP contribution in [-0.2, 0) is 9.53 Å². The number of rotatable bonds is 1. The van der Waals surface area contributed by atoms with E-state index in [0.717, 1.165) is 5.82 Å². The van der Waals surface area contributed by atoms with Gasteiger partial charge >= 0.3 is 0 Å². The van der Waals surface area contributed by atoms with Crippen molar-refractivity contribution in [3.63, 3.8) is 0 Å². The average molecular weight is 206 g/mol. The molecule has 0 unspecified atom stereocenters. The third-order valence-corrected chi connectivity index (χ3v) is 2.50. The van der Waals surface area contributed by atoms with E-state index >= 15 is 0 Å². The van der Waals surface area contributed by atoms with Crippen molar-refractivity contribution in [3.05, 3.63) is 12.0 Å². The first kappa shape index (κ1) is 8.60. The lowest BCUT2D eigenvalue weighted by atomic mass is 10.1. The molecule has 0 aromatic carbocycles. The van der Waals surface area contributed by atoms with E-state index in [4.69, 9.17) is 4.74 Å². The number of nitrogens with one attached hydrogen (secondary N) is 2. The zero-order valence-corrected chi connectivity index (χ0v) is 7.99. The summed E-state index contributed by atoms with van der Waals surface area (Å²) in [6, 6.07) is 0. The van der Waals surface area contributed by atoms with E-state index in [1.807, 2.05) is 0 Å². The smallest absolute Gasteiger partial charge is 0.243 e. The van der Waals surface area contributed by atoms with Gasteiger partial charge in [0.1, 0.15) is 11.5 Å². The Balaban J connectivity index is 1.92. The Morgan fingerprint density at radius 3 is 3.07 bits per heavy atom. The lowest BCUT2D eigenvalue weighted by Crippen LogP contribution is -2.31. The third-order valence-electron chi connectivity index (χ3n) is 2.50. The molecule has 15 heavy (non-hydrogen) atoms. The predicted molar refractivity (Wildman–Crippen MR) is 52.7 cm³/mol. The Labute approximate surface area is 86.1 Å². The second-order valence-electron chi connectivity index (χ2n) is 3.63. The molecule has 0 saturated carbocycles. The maximum atomic E-state index is 11.1. The van der Waals surface area contributed by atoms with Crippen LogP contribution in [0.5, 0.6) is 0 Å². The van der Waals surface area contributed by atoms with Crippen molar-refractivity contribution in [2.24, 2.45) is 0 Å². The monoisotopic (exact) mass is 206 g/mol. The van der Waals surface area contributed by atoms with Crippen molar-refractivity contribution >= 4 is 17.4 Å². The van der Waals surface area contributed by atoms with Gasteiger partial charge in [0.05, 0.1) is 31.9 Å². The second-order valence-corrected chi connectivity index (χ2v) is 3.63. The van der Waals surface area contributed by atoms with Crippen molar-refractivity contribution in [2.45, 2.75) is 5.92 Å². The lowest BCUT2D eigenvalue weighted by molar-refractivity contribution is -0.114. The minimum Gasteiger partial charge on any atom is -0.380 e. The first-order valence-electron chi connectivity index (χ1n) is 4.81. The fourth-order valence-corrected chi connectivity index (χ4v) is 1.56. The fraction of sp³-hybridized carbons (Fsp3) is 0.444. The minimum atomic E-state index is -0.0640. The Bertz CT molecular complexity index is 417. The zero-order chi connectivity index (χ0) is 10.3. The largest absolute Gasteiger partial charge is 0.380 e. The van der Waals surface area contributed by atoms with Crippen molar-refractivity contribution in [1.82, 2.24) is 9.97 Å². The van der Waals surface area contributed by atoms with Crippen molar-refractivity contribution in [3.8, 4) is 0 Å². The molecule has 1 saturated heterocycles. The SMILES string of the molecule is O=C1CNc2nc(C3COC3)ncc2N1. The molecule has 1 fully saturated rings. The molecule has 3 rings (SSSR count). The minimum absolute atomic E-state index is 0.0640. The first-order valence-corrected chi connectivity index (χ1v) is 4.81. The highest BCUT2D eigenvalue weighted by atomic mass is 16.5. The molecule has 1 aromatic heterocycles. The molecule has 0 radical (unpaired) electrons. The molecule has 78 valence electrons. The molecule has 2 aliphatic rings. The van der Waals surface area contributed by atoms with Gasteiger partial charge in [0, 0.05) is 0 Å². The molecule has 0 atom stereocenters. The van der Waals surface area contributed by atoms with Crippen LogP contribution < -0.4 is 10.6 Å². The van der Waals surface area contributed by atoms with Gasteiger partial charge in [-0.15, -0.1) is 0 Å². The average Bonchev–Trinajstić information content (AvgIpc) is 2.15. The standard InChI is InChI=1S/C9H10N4O2/c14-7-2-11-9-6(12-7)1-10-8(13-9)5-3-15-4-5/h1,5H,2-4H2,(H,12,14)(H,10,11,13). The maximum absolute atomic E-state index is 11.1. The molecule has 0 spiro atoms. The van der Waals surface area contributed by atoms with E-state index in [1.54, 1.807) is 6.20 Å². The number of nitrogens with zero attached hydrogens (tertiary/aromatic N) is 2. The molecular formula is C9H10N4O2. The lowest BCUT2D eigenvalue weighted by Gasteiger charge is -2.26. The van der Waals surface area contributed by atoms with Crippen LogP contribution in [0.2, 0.25) is 0 Å². The summed E-state index contributed by atoms with van der Waals surface area (Å²) in [4.78, 5) is 19.6. The van der Waals surface area contributed by atoms with Crippen LogP contribution >= 0.6 is 0 Å². The Morgan fingerprint density at radius 1 is 1.47 bits per heavy atom. The highest BCUT2D eigenvalue weighted by Gasteiger charge is 2.25. The Morgan fingerprint density at radius 2 is 2.33 bits per heavy atom. The normalized spacial score (nSPS) is 19.9. The number of carbonyl (C=O) groups is 1. The van der Waals surface area contributed by atoms with Gasteiger partial charge < -0.3 is 15.4 Å². The molecule has 1 amide bonds. The third kappa shape index (κ3) is 1.42. The number of amides is 1. The summed E-state index contributed by atoms with van der Waals surface area (Å²) in [6.07, 6.45) is 1.64. The quantitative estimate of drug-likeness (QED) is 0.674. The maximum Gasteiger partial charge on any atom is 0.243 e. The van der Waals surface area contributed by atoms with E-state index in [-0.39, 0.29) is 12.5 Å². The van der Waals surface area contributed by atoms with E-state index in [9.17, 15) is 4.79 Å². The van der Waals surface area contributed by atoms with Crippen molar-refractivity contribution < 1.29 is 9.53 Å². The second kappa shape index (κ2) is 3.16. The van der Waals surface area contributed by atoms with E-state index in [1.165, 1.54) is 0 Å². The number of ether oxygens (including phenoxy) is 1. The van der Waals surface area contributed by atoms with E-state index in [0.29, 0.717) is 30.6 Å². The van der Waals surface area contributed by atoms with Crippen LogP contribution in [0.3, 0.4) is 0 Å².